The van der Waals surface area contributed by atoms with Crippen LogP contribution in [0.25, 0.3) is 0 Å². The van der Waals surface area contributed by atoms with Crippen molar-refractivity contribution in [1.29, 1.82) is 0 Å². The van der Waals surface area contributed by atoms with Crippen LogP contribution in [0.3, 0.4) is 0 Å². The molecule has 0 aliphatic rings. The lowest BCUT2D eigenvalue weighted by atomic mass is 10.2. The number of benzene rings is 1. The van der Waals surface area contributed by atoms with Crippen molar-refractivity contribution in [2.24, 2.45) is 0 Å². The van der Waals surface area contributed by atoms with Crippen molar-refractivity contribution in [2.45, 2.75) is 0 Å². The van der Waals surface area contributed by atoms with Gasteiger partial charge in [0.25, 0.3) is 0 Å². The maximum atomic E-state index is 10.4. The third-order valence-electron chi connectivity index (χ3n) is 1.34. The Labute approximate surface area is 76.4 Å². The van der Waals surface area contributed by atoms with E-state index in [4.69, 9.17) is 14.9 Å². The number of carboxylic acid groups (broad SMARTS) is 1. The van der Waals surface area contributed by atoms with Crippen LogP contribution in [0.4, 0.5) is 0 Å². The van der Waals surface area contributed by atoms with Gasteiger partial charge in [0.2, 0.25) is 0 Å². The minimum absolute atomic E-state index is 0.269. The zero-order valence-electron chi connectivity index (χ0n) is 7.52. The van der Waals surface area contributed by atoms with Gasteiger partial charge in [0, 0.05) is 7.11 Å². The molecule has 0 heterocycles. The van der Waals surface area contributed by atoms with E-state index >= 15 is 0 Å². The molecule has 0 spiro atoms. The van der Waals surface area contributed by atoms with Gasteiger partial charge in [0.1, 0.15) is 5.75 Å². The molecule has 0 saturated carbocycles. The van der Waals surface area contributed by atoms with Crippen LogP contribution in [0.1, 0.15) is 10.4 Å². The van der Waals surface area contributed by atoms with Crippen molar-refractivity contribution in [3.8, 4) is 5.75 Å². The van der Waals surface area contributed by atoms with Crippen molar-refractivity contribution in [3.63, 3.8) is 0 Å². The Morgan fingerprint density at radius 3 is 2.00 bits per heavy atom. The van der Waals surface area contributed by atoms with Crippen LogP contribution in [0.2, 0.25) is 0 Å². The number of carboxylic acids is 1. The van der Waals surface area contributed by atoms with Crippen LogP contribution in [-0.4, -0.2) is 30.4 Å². The van der Waals surface area contributed by atoms with E-state index in [2.05, 4.69) is 0 Å². The molecule has 4 nitrogen and oxygen atoms in total. The van der Waals surface area contributed by atoms with Crippen LogP contribution in [0.15, 0.2) is 24.3 Å². The van der Waals surface area contributed by atoms with E-state index in [9.17, 15) is 4.79 Å². The van der Waals surface area contributed by atoms with Crippen molar-refractivity contribution in [2.75, 3.05) is 14.2 Å². The van der Waals surface area contributed by atoms with Gasteiger partial charge in [-0.25, -0.2) is 4.79 Å². The summed E-state index contributed by atoms with van der Waals surface area (Å²) in [5, 5.41) is 15.5. The minimum atomic E-state index is -0.923. The third-order valence-corrected chi connectivity index (χ3v) is 1.34. The first-order valence-electron chi connectivity index (χ1n) is 3.56. The Balaban J connectivity index is 0.000000671. The lowest BCUT2D eigenvalue weighted by Crippen LogP contribution is -1.95. The number of hydrogen-bond acceptors (Lipinski definition) is 3. The molecule has 0 amide bonds. The summed E-state index contributed by atoms with van der Waals surface area (Å²) in [5.41, 5.74) is 0.269. The second kappa shape index (κ2) is 6.02. The standard InChI is InChI=1S/C8H8O3.CH4O/c1-11-7-4-2-6(3-5-7)8(9)10;1-2/h2-5H,1H3,(H,9,10);2H,1H3. The number of rotatable bonds is 2. The van der Waals surface area contributed by atoms with Gasteiger partial charge in [-0.1, -0.05) is 0 Å². The normalized spacial score (nSPS) is 8.23. The van der Waals surface area contributed by atoms with Gasteiger partial charge in [-0.3, -0.25) is 0 Å². The highest BCUT2D eigenvalue weighted by Crippen LogP contribution is 2.10. The quantitative estimate of drug-likeness (QED) is 0.719. The molecule has 0 fully saturated rings. The molecule has 4 heteroatoms. The monoisotopic (exact) mass is 184 g/mol. The first-order chi connectivity index (χ1) is 6.24. The van der Waals surface area contributed by atoms with Crippen molar-refractivity contribution in [1.82, 2.24) is 0 Å². The number of hydrogen-bond donors (Lipinski definition) is 2. The molecule has 0 bridgehead atoms. The fourth-order valence-corrected chi connectivity index (χ4v) is 0.734. The summed E-state index contributed by atoms with van der Waals surface area (Å²) in [6.45, 7) is 0. The Kier molecular flexibility index (Phi) is 5.30. The molecule has 13 heavy (non-hydrogen) atoms. The number of ether oxygens (including phenoxy) is 1. The molecule has 0 unspecified atom stereocenters. The Bertz CT molecular complexity index is 253. The Morgan fingerprint density at radius 1 is 1.23 bits per heavy atom. The van der Waals surface area contributed by atoms with Gasteiger partial charge >= 0.3 is 5.97 Å². The summed E-state index contributed by atoms with van der Waals surface area (Å²) in [7, 11) is 2.54. The van der Waals surface area contributed by atoms with Crippen molar-refractivity contribution in [3.05, 3.63) is 29.8 Å². The number of methoxy groups -OCH3 is 1. The first kappa shape index (κ1) is 11.4. The maximum Gasteiger partial charge on any atom is 0.335 e. The molecule has 0 atom stereocenters. The summed E-state index contributed by atoms with van der Waals surface area (Å²) in [6.07, 6.45) is 0. The molecule has 1 rings (SSSR count). The number of aromatic carboxylic acids is 1. The highest BCUT2D eigenvalue weighted by atomic mass is 16.5. The number of aliphatic hydroxyl groups is 1. The maximum absolute atomic E-state index is 10.4. The third kappa shape index (κ3) is 3.57. The van der Waals surface area contributed by atoms with E-state index in [1.54, 1.807) is 12.1 Å². The molecule has 0 radical (unpaired) electrons. The molecule has 1 aromatic carbocycles. The fraction of sp³-hybridized carbons (Fsp3) is 0.222. The van der Waals surface area contributed by atoms with E-state index in [1.165, 1.54) is 19.2 Å². The SMILES string of the molecule is CO.COc1ccc(C(=O)O)cc1. The summed E-state index contributed by atoms with van der Waals surface area (Å²) in [6, 6.07) is 6.23. The second-order valence-electron chi connectivity index (χ2n) is 2.03. The number of aliphatic hydroxyl groups excluding tert-OH is 1. The van der Waals surface area contributed by atoms with Gasteiger partial charge in [0.05, 0.1) is 12.7 Å². The molecule has 0 aliphatic heterocycles. The van der Waals surface area contributed by atoms with E-state index < -0.39 is 5.97 Å². The van der Waals surface area contributed by atoms with Crippen LogP contribution in [-0.2, 0) is 0 Å². The highest BCUT2D eigenvalue weighted by Gasteiger charge is 2.00. The topological polar surface area (TPSA) is 66.8 Å². The van der Waals surface area contributed by atoms with Crippen LogP contribution in [0, 0.1) is 0 Å². The molecule has 0 saturated heterocycles. The lowest BCUT2D eigenvalue weighted by Gasteiger charge is -1.98. The summed E-state index contributed by atoms with van der Waals surface area (Å²) in [5.74, 6) is -0.261. The Hall–Kier alpha value is -1.55. The molecular formula is C9H12O4. The summed E-state index contributed by atoms with van der Waals surface area (Å²) >= 11 is 0. The van der Waals surface area contributed by atoms with Crippen LogP contribution < -0.4 is 4.74 Å². The fourth-order valence-electron chi connectivity index (χ4n) is 0.734. The van der Waals surface area contributed by atoms with Gasteiger partial charge in [-0.2, -0.15) is 0 Å². The summed E-state index contributed by atoms with van der Waals surface area (Å²) < 4.78 is 4.86. The van der Waals surface area contributed by atoms with Crippen LogP contribution >= 0.6 is 0 Å². The first-order valence-corrected chi connectivity index (χ1v) is 3.56. The van der Waals surface area contributed by atoms with Gasteiger partial charge < -0.3 is 14.9 Å². The predicted molar refractivity (Wildman–Crippen MR) is 48.1 cm³/mol. The van der Waals surface area contributed by atoms with Gasteiger partial charge in [-0.15, -0.1) is 0 Å². The van der Waals surface area contributed by atoms with E-state index in [1.807, 2.05) is 0 Å². The molecule has 0 aliphatic carbocycles. The molecule has 72 valence electrons. The summed E-state index contributed by atoms with van der Waals surface area (Å²) in [4.78, 5) is 10.4. The molecule has 1 aromatic rings. The van der Waals surface area contributed by atoms with Gasteiger partial charge in [-0.05, 0) is 24.3 Å². The van der Waals surface area contributed by atoms with Gasteiger partial charge in [0.15, 0.2) is 0 Å². The number of carbonyl (C=O) groups is 1. The Morgan fingerprint density at radius 2 is 1.69 bits per heavy atom. The smallest absolute Gasteiger partial charge is 0.335 e. The zero-order valence-corrected chi connectivity index (χ0v) is 7.52. The molecule has 0 aromatic heterocycles. The van der Waals surface area contributed by atoms with Crippen LogP contribution in [0.5, 0.6) is 5.75 Å². The van der Waals surface area contributed by atoms with Crippen molar-refractivity contribution >= 4 is 5.97 Å². The average molecular weight is 184 g/mol. The molecule has 2 N–H and O–H groups in total. The lowest BCUT2D eigenvalue weighted by molar-refractivity contribution is 0.0697. The predicted octanol–water partition coefficient (Wildman–Crippen LogP) is 1.00. The minimum Gasteiger partial charge on any atom is -0.497 e. The highest BCUT2D eigenvalue weighted by molar-refractivity contribution is 5.87. The second-order valence-corrected chi connectivity index (χ2v) is 2.03. The van der Waals surface area contributed by atoms with E-state index in [0.717, 1.165) is 7.11 Å². The largest absolute Gasteiger partial charge is 0.497 e. The zero-order chi connectivity index (χ0) is 10.3. The van der Waals surface area contributed by atoms with Crippen molar-refractivity contribution < 1.29 is 19.7 Å². The van der Waals surface area contributed by atoms with E-state index in [0.29, 0.717) is 5.75 Å². The average Bonchev–Trinajstić information content (AvgIpc) is 2.21. The molecular weight excluding hydrogens is 172 g/mol. The van der Waals surface area contributed by atoms with E-state index in [-0.39, 0.29) is 5.56 Å².